The van der Waals surface area contributed by atoms with Gasteiger partial charge in [0.15, 0.2) is 0 Å². The van der Waals surface area contributed by atoms with Gasteiger partial charge in [0.05, 0.1) is 5.56 Å². The van der Waals surface area contributed by atoms with Crippen LogP contribution in [0, 0.1) is 3.57 Å². The summed E-state index contributed by atoms with van der Waals surface area (Å²) in [4.78, 5) is 15.1. The maximum atomic E-state index is 13.0. The first-order chi connectivity index (χ1) is 10.2. The molecule has 114 valence electrons. The van der Waals surface area contributed by atoms with Crippen molar-refractivity contribution >= 4 is 40.1 Å². The predicted octanol–water partition coefficient (Wildman–Crippen LogP) is 3.69. The monoisotopic (exact) mass is 418 g/mol. The molecule has 21 heavy (non-hydrogen) atoms. The average Bonchev–Trinajstić information content (AvgIpc) is 3.03. The number of likely N-dealkylation sites (tertiary alicyclic amines) is 1. The second-order valence-corrected chi connectivity index (χ2v) is 7.49. The molecule has 2 atom stereocenters. The van der Waals surface area contributed by atoms with Crippen LogP contribution < -0.4 is 5.32 Å². The number of hydrogen-bond donors (Lipinski definition) is 1. The van der Waals surface area contributed by atoms with Crippen LogP contribution in [0.1, 0.15) is 42.5 Å². The summed E-state index contributed by atoms with van der Waals surface area (Å²) < 4.78 is 0.978. The van der Waals surface area contributed by atoms with Crippen LogP contribution in [0.15, 0.2) is 18.2 Å². The number of rotatable bonds is 2. The molecular formula is C16H20ClIN2O. The van der Waals surface area contributed by atoms with Crippen LogP contribution in [0.4, 0.5) is 0 Å². The summed E-state index contributed by atoms with van der Waals surface area (Å²) in [6, 6.07) is 6.36. The topological polar surface area (TPSA) is 32.3 Å². The van der Waals surface area contributed by atoms with Crippen LogP contribution in [-0.2, 0) is 0 Å². The molecule has 2 heterocycles. The van der Waals surface area contributed by atoms with E-state index in [9.17, 15) is 4.79 Å². The second-order valence-electron chi connectivity index (χ2n) is 5.89. The molecular weight excluding hydrogens is 399 g/mol. The number of hydrogen-bond acceptors (Lipinski definition) is 2. The van der Waals surface area contributed by atoms with Crippen molar-refractivity contribution in [2.24, 2.45) is 0 Å². The fourth-order valence-corrected chi connectivity index (χ4v) is 4.22. The smallest absolute Gasteiger partial charge is 0.255 e. The number of nitrogens with zero attached hydrogens (tertiary/aromatic N) is 1. The van der Waals surface area contributed by atoms with Crippen molar-refractivity contribution < 1.29 is 4.79 Å². The lowest BCUT2D eigenvalue weighted by Gasteiger charge is -2.39. The first kappa shape index (κ1) is 15.6. The molecule has 3 rings (SSSR count). The largest absolute Gasteiger partial charge is 0.334 e. The van der Waals surface area contributed by atoms with Gasteiger partial charge in [-0.25, -0.2) is 0 Å². The van der Waals surface area contributed by atoms with Crippen LogP contribution in [0.25, 0.3) is 0 Å². The zero-order valence-electron chi connectivity index (χ0n) is 11.9. The SMILES string of the molecule is O=C(c1cc(Cl)ccc1I)N1CCCCC1C1CCCN1. The third-order valence-corrected chi connectivity index (χ3v) is 5.71. The van der Waals surface area contributed by atoms with E-state index >= 15 is 0 Å². The molecule has 0 aromatic heterocycles. The number of carbonyl (C=O) groups excluding carboxylic acids is 1. The molecule has 2 unspecified atom stereocenters. The molecule has 0 radical (unpaired) electrons. The van der Waals surface area contributed by atoms with E-state index in [1.54, 1.807) is 6.07 Å². The number of carbonyl (C=O) groups is 1. The van der Waals surface area contributed by atoms with E-state index in [-0.39, 0.29) is 5.91 Å². The maximum Gasteiger partial charge on any atom is 0.255 e. The van der Waals surface area contributed by atoms with Crippen LogP contribution in [0.2, 0.25) is 5.02 Å². The summed E-state index contributed by atoms with van der Waals surface area (Å²) in [6.07, 6.45) is 5.84. The van der Waals surface area contributed by atoms with Crippen molar-refractivity contribution in [3.63, 3.8) is 0 Å². The molecule has 0 bridgehead atoms. The summed E-state index contributed by atoms with van der Waals surface area (Å²) in [5, 5.41) is 4.20. The summed E-state index contributed by atoms with van der Waals surface area (Å²) in [6.45, 7) is 1.95. The van der Waals surface area contributed by atoms with Crippen LogP contribution in [-0.4, -0.2) is 36.0 Å². The summed E-state index contributed by atoms with van der Waals surface area (Å²) >= 11 is 8.30. The highest BCUT2D eigenvalue weighted by atomic mass is 127. The molecule has 1 aromatic carbocycles. The molecule has 0 aliphatic carbocycles. The Kier molecular flexibility index (Phi) is 5.07. The van der Waals surface area contributed by atoms with E-state index in [0.29, 0.717) is 17.1 Å². The molecule has 2 aliphatic heterocycles. The molecule has 1 amide bonds. The maximum absolute atomic E-state index is 13.0. The first-order valence-electron chi connectivity index (χ1n) is 7.66. The van der Waals surface area contributed by atoms with E-state index in [1.807, 2.05) is 12.1 Å². The van der Waals surface area contributed by atoms with E-state index in [1.165, 1.54) is 19.3 Å². The zero-order valence-corrected chi connectivity index (χ0v) is 14.9. The Morgan fingerprint density at radius 2 is 2.14 bits per heavy atom. The Labute approximate surface area is 144 Å². The van der Waals surface area contributed by atoms with Crippen LogP contribution in [0.3, 0.4) is 0 Å². The van der Waals surface area contributed by atoms with Gasteiger partial charge in [-0.2, -0.15) is 0 Å². The van der Waals surface area contributed by atoms with E-state index in [2.05, 4.69) is 32.8 Å². The van der Waals surface area contributed by atoms with E-state index < -0.39 is 0 Å². The van der Waals surface area contributed by atoms with Crippen molar-refractivity contribution in [2.45, 2.75) is 44.2 Å². The van der Waals surface area contributed by atoms with E-state index in [0.717, 1.165) is 35.1 Å². The standard InChI is InChI=1S/C16H20ClIN2O/c17-11-6-7-13(18)12(10-11)16(21)20-9-2-1-5-15(20)14-4-3-8-19-14/h6-7,10,14-15,19H,1-5,8-9H2. The normalized spacial score (nSPS) is 26.1. The molecule has 5 heteroatoms. The predicted molar refractivity (Wildman–Crippen MR) is 93.9 cm³/mol. The van der Waals surface area contributed by atoms with E-state index in [4.69, 9.17) is 11.6 Å². The Morgan fingerprint density at radius 3 is 2.90 bits per heavy atom. The van der Waals surface area contributed by atoms with Crippen molar-refractivity contribution in [1.82, 2.24) is 10.2 Å². The fourth-order valence-electron chi connectivity index (χ4n) is 3.48. The Bertz CT molecular complexity index is 531. The lowest BCUT2D eigenvalue weighted by Crippen LogP contribution is -2.52. The van der Waals surface area contributed by atoms with Crippen molar-refractivity contribution in [1.29, 1.82) is 0 Å². The summed E-state index contributed by atoms with van der Waals surface area (Å²) in [5.74, 6) is 0.139. The van der Waals surface area contributed by atoms with Gasteiger partial charge in [-0.3, -0.25) is 4.79 Å². The van der Waals surface area contributed by atoms with Gasteiger partial charge in [-0.05, 0) is 79.4 Å². The minimum absolute atomic E-state index is 0.139. The molecule has 0 spiro atoms. The summed E-state index contributed by atoms with van der Waals surface area (Å²) in [5.41, 5.74) is 0.744. The second kappa shape index (κ2) is 6.84. The Morgan fingerprint density at radius 1 is 1.29 bits per heavy atom. The van der Waals surface area contributed by atoms with Crippen LogP contribution in [0.5, 0.6) is 0 Å². The highest BCUT2D eigenvalue weighted by molar-refractivity contribution is 14.1. The third-order valence-electron chi connectivity index (χ3n) is 4.53. The fraction of sp³-hybridized carbons (Fsp3) is 0.562. The van der Waals surface area contributed by atoms with Gasteiger partial charge in [0, 0.05) is 27.2 Å². The highest BCUT2D eigenvalue weighted by Gasteiger charge is 2.35. The minimum atomic E-state index is 0.139. The number of benzene rings is 1. The number of halogens is 2. The first-order valence-corrected chi connectivity index (χ1v) is 9.12. The van der Waals surface area contributed by atoms with Gasteiger partial charge < -0.3 is 10.2 Å². The lowest BCUT2D eigenvalue weighted by molar-refractivity contribution is 0.0562. The molecule has 1 aromatic rings. The summed E-state index contributed by atoms with van der Waals surface area (Å²) in [7, 11) is 0. The molecule has 0 saturated carbocycles. The number of amides is 1. The molecule has 2 fully saturated rings. The molecule has 1 N–H and O–H groups in total. The molecule has 2 aliphatic rings. The van der Waals surface area contributed by atoms with Gasteiger partial charge >= 0.3 is 0 Å². The van der Waals surface area contributed by atoms with Crippen molar-refractivity contribution in [3.8, 4) is 0 Å². The van der Waals surface area contributed by atoms with Gasteiger partial charge in [-0.1, -0.05) is 11.6 Å². The van der Waals surface area contributed by atoms with Gasteiger partial charge in [0.2, 0.25) is 0 Å². The zero-order chi connectivity index (χ0) is 14.8. The Balaban J connectivity index is 1.85. The number of piperidine rings is 1. The van der Waals surface area contributed by atoms with Gasteiger partial charge in [-0.15, -0.1) is 0 Å². The molecule has 3 nitrogen and oxygen atoms in total. The van der Waals surface area contributed by atoms with Gasteiger partial charge in [0.1, 0.15) is 0 Å². The van der Waals surface area contributed by atoms with Crippen molar-refractivity contribution in [2.75, 3.05) is 13.1 Å². The third kappa shape index (κ3) is 3.37. The highest BCUT2D eigenvalue weighted by Crippen LogP contribution is 2.27. The van der Waals surface area contributed by atoms with Crippen molar-refractivity contribution in [3.05, 3.63) is 32.4 Å². The van der Waals surface area contributed by atoms with Crippen LogP contribution >= 0.6 is 34.2 Å². The minimum Gasteiger partial charge on any atom is -0.334 e. The molecule has 2 saturated heterocycles. The number of nitrogens with one attached hydrogen (secondary N) is 1. The van der Waals surface area contributed by atoms with Gasteiger partial charge in [0.25, 0.3) is 5.91 Å². The Hall–Kier alpha value is -0.330. The quantitative estimate of drug-likeness (QED) is 0.743. The lowest BCUT2D eigenvalue weighted by atomic mass is 9.93. The average molecular weight is 419 g/mol.